The molecule has 0 aliphatic carbocycles. The van der Waals surface area contributed by atoms with E-state index in [2.05, 4.69) is 21.7 Å². The van der Waals surface area contributed by atoms with Gasteiger partial charge in [0.2, 0.25) is 5.82 Å². The van der Waals surface area contributed by atoms with E-state index in [-0.39, 0.29) is 12.0 Å². The molecule has 1 rings (SSSR count). The Hall–Kier alpha value is -1.13. The SMILES string of the molecule is CCCC(=C=CBr)c1c(F)c(F)c(F)c(F)c1F. The molecule has 1 aromatic rings. The maximum absolute atomic E-state index is 13.5. The topological polar surface area (TPSA) is 0 Å². The third-order valence-electron chi connectivity index (χ3n) is 2.24. The van der Waals surface area contributed by atoms with Crippen LogP contribution in [0.3, 0.4) is 0 Å². The molecule has 0 unspecified atom stereocenters. The molecular formula is C12H8BrF5. The van der Waals surface area contributed by atoms with E-state index in [4.69, 9.17) is 0 Å². The Balaban J connectivity index is 3.64. The van der Waals surface area contributed by atoms with Crippen LogP contribution in [0.15, 0.2) is 10.7 Å². The van der Waals surface area contributed by atoms with E-state index in [1.165, 1.54) is 4.99 Å². The largest absolute Gasteiger partial charge is 0.203 e. The standard InChI is InChI=1S/C12H8BrF5/c1-2-3-6(4-5-13)7-8(14)10(16)12(18)11(17)9(7)15/h5H,2-3H2,1H3. The van der Waals surface area contributed by atoms with Gasteiger partial charge in [-0.15, -0.1) is 5.73 Å². The molecule has 0 heterocycles. The third kappa shape index (κ3) is 2.65. The Labute approximate surface area is 109 Å². The summed E-state index contributed by atoms with van der Waals surface area (Å²) in [6, 6.07) is 0. The highest BCUT2D eigenvalue weighted by Crippen LogP contribution is 2.30. The van der Waals surface area contributed by atoms with Crippen molar-refractivity contribution >= 4 is 21.5 Å². The Morgan fingerprint density at radius 3 is 1.83 bits per heavy atom. The molecule has 0 fully saturated rings. The minimum absolute atomic E-state index is 0.0813. The van der Waals surface area contributed by atoms with Crippen LogP contribution in [-0.4, -0.2) is 0 Å². The van der Waals surface area contributed by atoms with Crippen LogP contribution in [0, 0.1) is 29.1 Å². The Morgan fingerprint density at radius 2 is 1.44 bits per heavy atom. The predicted molar refractivity (Wildman–Crippen MR) is 61.6 cm³/mol. The lowest BCUT2D eigenvalue weighted by atomic mass is 10.0. The highest BCUT2D eigenvalue weighted by molar-refractivity contribution is 9.11. The lowest BCUT2D eigenvalue weighted by Crippen LogP contribution is -2.06. The lowest BCUT2D eigenvalue weighted by Gasteiger charge is -2.09. The Bertz CT molecular complexity index is 501. The van der Waals surface area contributed by atoms with Gasteiger partial charge in [-0.1, -0.05) is 29.3 Å². The quantitative estimate of drug-likeness (QED) is 0.315. The van der Waals surface area contributed by atoms with Crippen molar-refractivity contribution in [2.45, 2.75) is 19.8 Å². The van der Waals surface area contributed by atoms with Crippen molar-refractivity contribution in [3.8, 4) is 0 Å². The summed E-state index contributed by atoms with van der Waals surface area (Å²) in [5, 5.41) is 0. The molecule has 0 aliphatic rings. The maximum atomic E-state index is 13.5. The lowest BCUT2D eigenvalue weighted by molar-refractivity contribution is 0.376. The normalized spacial score (nSPS) is 10.2. The molecule has 98 valence electrons. The van der Waals surface area contributed by atoms with Crippen LogP contribution >= 0.6 is 15.9 Å². The van der Waals surface area contributed by atoms with Crippen LogP contribution in [0.25, 0.3) is 5.57 Å². The number of hydrogen-bond donors (Lipinski definition) is 0. The van der Waals surface area contributed by atoms with Crippen LogP contribution in [0.5, 0.6) is 0 Å². The van der Waals surface area contributed by atoms with E-state index >= 15 is 0 Å². The summed E-state index contributed by atoms with van der Waals surface area (Å²) in [5.41, 5.74) is 1.42. The zero-order valence-electron chi connectivity index (χ0n) is 9.26. The highest BCUT2D eigenvalue weighted by atomic mass is 79.9. The van der Waals surface area contributed by atoms with Crippen molar-refractivity contribution < 1.29 is 22.0 Å². The molecule has 0 aliphatic heterocycles. The molecule has 6 heteroatoms. The molecule has 0 saturated carbocycles. The molecule has 0 atom stereocenters. The fourth-order valence-corrected chi connectivity index (χ4v) is 1.73. The summed E-state index contributed by atoms with van der Waals surface area (Å²) in [6.45, 7) is 1.71. The van der Waals surface area contributed by atoms with E-state index in [0.717, 1.165) is 0 Å². The zero-order valence-corrected chi connectivity index (χ0v) is 10.8. The average molecular weight is 327 g/mol. The van der Waals surface area contributed by atoms with Crippen molar-refractivity contribution in [2.75, 3.05) is 0 Å². The number of halogens is 6. The molecule has 0 spiro atoms. The number of benzene rings is 1. The van der Waals surface area contributed by atoms with Crippen LogP contribution in [-0.2, 0) is 0 Å². The minimum atomic E-state index is -2.16. The molecule has 0 aromatic heterocycles. The van der Waals surface area contributed by atoms with Gasteiger partial charge >= 0.3 is 0 Å². The van der Waals surface area contributed by atoms with Gasteiger partial charge < -0.3 is 0 Å². The summed E-state index contributed by atoms with van der Waals surface area (Å²) >= 11 is 2.85. The first-order valence-electron chi connectivity index (χ1n) is 5.01. The fraction of sp³-hybridized carbons (Fsp3) is 0.250. The molecule has 0 saturated heterocycles. The molecule has 0 amide bonds. The molecule has 0 bridgehead atoms. The average Bonchev–Trinajstić information content (AvgIpc) is 2.35. The van der Waals surface area contributed by atoms with Gasteiger partial charge in [0.05, 0.1) is 5.56 Å². The Morgan fingerprint density at radius 1 is 1.00 bits per heavy atom. The first kappa shape index (κ1) is 14.9. The van der Waals surface area contributed by atoms with Crippen molar-refractivity contribution in [1.29, 1.82) is 0 Å². The second-order valence-corrected chi connectivity index (χ2v) is 3.88. The first-order chi connectivity index (χ1) is 8.45. The van der Waals surface area contributed by atoms with Crippen LogP contribution < -0.4 is 0 Å². The van der Waals surface area contributed by atoms with Crippen molar-refractivity contribution in [3.63, 3.8) is 0 Å². The number of allylic oxidation sites excluding steroid dienone is 1. The summed E-state index contributed by atoms with van der Waals surface area (Å²) in [6.07, 6.45) is 0.614. The minimum Gasteiger partial charge on any atom is -0.203 e. The highest BCUT2D eigenvalue weighted by Gasteiger charge is 2.27. The smallest absolute Gasteiger partial charge is 0.200 e. The van der Waals surface area contributed by atoms with E-state index in [9.17, 15) is 22.0 Å². The van der Waals surface area contributed by atoms with Gasteiger partial charge in [0.1, 0.15) is 0 Å². The second-order valence-electron chi connectivity index (χ2n) is 3.43. The van der Waals surface area contributed by atoms with Crippen molar-refractivity contribution in [1.82, 2.24) is 0 Å². The van der Waals surface area contributed by atoms with Gasteiger partial charge in [0, 0.05) is 10.6 Å². The first-order valence-corrected chi connectivity index (χ1v) is 5.93. The third-order valence-corrected chi connectivity index (χ3v) is 2.47. The van der Waals surface area contributed by atoms with Crippen LogP contribution in [0.4, 0.5) is 22.0 Å². The summed E-state index contributed by atoms with van der Waals surface area (Å²) in [5.74, 6) is -9.73. The summed E-state index contributed by atoms with van der Waals surface area (Å²) in [4.78, 5) is 1.18. The van der Waals surface area contributed by atoms with Gasteiger partial charge in [-0.2, -0.15) is 0 Å². The number of rotatable bonds is 3. The molecular weight excluding hydrogens is 319 g/mol. The molecule has 0 radical (unpaired) electrons. The molecule has 0 nitrogen and oxygen atoms in total. The van der Waals surface area contributed by atoms with E-state index in [0.29, 0.717) is 6.42 Å². The van der Waals surface area contributed by atoms with E-state index < -0.39 is 34.6 Å². The summed E-state index contributed by atoms with van der Waals surface area (Å²) < 4.78 is 65.9. The summed E-state index contributed by atoms with van der Waals surface area (Å²) in [7, 11) is 0. The number of hydrogen-bond acceptors (Lipinski definition) is 0. The van der Waals surface area contributed by atoms with Gasteiger partial charge in [0.25, 0.3) is 0 Å². The van der Waals surface area contributed by atoms with Crippen LogP contribution in [0.2, 0.25) is 0 Å². The maximum Gasteiger partial charge on any atom is 0.200 e. The van der Waals surface area contributed by atoms with Gasteiger partial charge in [0.15, 0.2) is 23.3 Å². The molecule has 1 aromatic carbocycles. The second kappa shape index (κ2) is 6.16. The molecule has 18 heavy (non-hydrogen) atoms. The van der Waals surface area contributed by atoms with Gasteiger partial charge in [-0.3, -0.25) is 0 Å². The van der Waals surface area contributed by atoms with Gasteiger partial charge in [-0.25, -0.2) is 22.0 Å². The van der Waals surface area contributed by atoms with Crippen molar-refractivity contribution in [2.24, 2.45) is 0 Å². The van der Waals surface area contributed by atoms with E-state index in [1.54, 1.807) is 6.92 Å². The Kier molecular flexibility index (Phi) is 5.11. The monoisotopic (exact) mass is 326 g/mol. The van der Waals surface area contributed by atoms with Crippen LogP contribution in [0.1, 0.15) is 25.3 Å². The molecule has 0 N–H and O–H groups in total. The van der Waals surface area contributed by atoms with E-state index in [1.807, 2.05) is 0 Å². The van der Waals surface area contributed by atoms with Crippen molar-refractivity contribution in [3.05, 3.63) is 45.4 Å². The van der Waals surface area contributed by atoms with Gasteiger partial charge in [-0.05, 0) is 6.42 Å². The fourth-order valence-electron chi connectivity index (χ4n) is 1.46. The predicted octanol–water partition coefficient (Wildman–Crippen LogP) is 5.07. The zero-order chi connectivity index (χ0) is 13.9.